The molecule has 0 unspecified atom stereocenters. The van der Waals surface area contributed by atoms with Crippen LogP contribution in [0.1, 0.15) is 6.42 Å². The second-order valence-corrected chi connectivity index (χ2v) is 7.70. The fourth-order valence-electron chi connectivity index (χ4n) is 1.99. The zero-order chi connectivity index (χ0) is 17.4. The Morgan fingerprint density at radius 1 is 1.08 bits per heavy atom. The molecule has 0 saturated heterocycles. The van der Waals surface area contributed by atoms with Crippen LogP contribution in [-0.4, -0.2) is 32.4 Å². The molecule has 0 amide bonds. The highest BCUT2D eigenvalue weighted by molar-refractivity contribution is 7.98. The van der Waals surface area contributed by atoms with Crippen molar-refractivity contribution in [2.75, 3.05) is 12.0 Å². The summed E-state index contributed by atoms with van der Waals surface area (Å²) in [5.74, 6) is 0.400. The van der Waals surface area contributed by atoms with Crippen LogP contribution in [-0.2, 0) is 14.8 Å². The van der Waals surface area contributed by atoms with Crippen LogP contribution in [0.5, 0.6) is 5.75 Å². The maximum absolute atomic E-state index is 12.4. The summed E-state index contributed by atoms with van der Waals surface area (Å²) in [4.78, 5) is 12.5. The predicted molar refractivity (Wildman–Crippen MR) is 95.6 cm³/mol. The average molecular weight is 365 g/mol. The van der Waals surface area contributed by atoms with E-state index in [1.54, 1.807) is 48.5 Å². The van der Waals surface area contributed by atoms with E-state index in [-0.39, 0.29) is 4.90 Å². The van der Waals surface area contributed by atoms with E-state index in [0.29, 0.717) is 17.9 Å². The fourth-order valence-corrected chi connectivity index (χ4v) is 3.70. The summed E-state index contributed by atoms with van der Waals surface area (Å²) in [6.07, 6.45) is 2.24. The highest BCUT2D eigenvalue weighted by Crippen LogP contribution is 2.14. The summed E-state index contributed by atoms with van der Waals surface area (Å²) in [5, 5.41) is 0. The van der Waals surface area contributed by atoms with Crippen LogP contribution in [0.25, 0.3) is 0 Å². The zero-order valence-electron chi connectivity index (χ0n) is 13.2. The topological polar surface area (TPSA) is 72.5 Å². The van der Waals surface area contributed by atoms with Crippen LogP contribution in [0.4, 0.5) is 0 Å². The number of hydrogen-bond acceptors (Lipinski definition) is 5. The molecule has 128 valence electrons. The van der Waals surface area contributed by atoms with E-state index in [0.717, 1.165) is 0 Å². The number of nitrogens with one attached hydrogen (secondary N) is 1. The van der Waals surface area contributed by atoms with Crippen molar-refractivity contribution in [3.63, 3.8) is 0 Å². The molecular weight excluding hydrogens is 346 g/mol. The molecule has 2 rings (SSSR count). The van der Waals surface area contributed by atoms with Gasteiger partial charge in [0.1, 0.15) is 11.8 Å². The quantitative estimate of drug-likeness (QED) is 0.575. The van der Waals surface area contributed by atoms with Crippen molar-refractivity contribution >= 4 is 27.8 Å². The molecule has 7 heteroatoms. The summed E-state index contributed by atoms with van der Waals surface area (Å²) in [6, 6.07) is 15.6. The van der Waals surface area contributed by atoms with Crippen LogP contribution in [0.2, 0.25) is 0 Å². The van der Waals surface area contributed by atoms with Gasteiger partial charge in [-0.3, -0.25) is 0 Å². The third-order valence-electron chi connectivity index (χ3n) is 3.21. The number of rotatable bonds is 8. The van der Waals surface area contributed by atoms with E-state index >= 15 is 0 Å². The van der Waals surface area contributed by atoms with E-state index < -0.39 is 22.0 Å². The number of benzene rings is 2. The lowest BCUT2D eigenvalue weighted by atomic mass is 10.2. The molecule has 0 aliphatic rings. The van der Waals surface area contributed by atoms with Gasteiger partial charge in [0.15, 0.2) is 0 Å². The molecule has 0 aliphatic carbocycles. The van der Waals surface area contributed by atoms with Gasteiger partial charge in [0.05, 0.1) is 4.90 Å². The third-order valence-corrected chi connectivity index (χ3v) is 5.34. The molecule has 0 spiro atoms. The minimum absolute atomic E-state index is 0.117. The number of esters is 1. The van der Waals surface area contributed by atoms with E-state index in [4.69, 9.17) is 4.74 Å². The van der Waals surface area contributed by atoms with Crippen molar-refractivity contribution in [2.24, 2.45) is 0 Å². The molecule has 2 aromatic carbocycles. The second kappa shape index (κ2) is 8.86. The molecule has 1 N–H and O–H groups in total. The normalized spacial score (nSPS) is 12.5. The summed E-state index contributed by atoms with van der Waals surface area (Å²) in [6.45, 7) is 0. The predicted octanol–water partition coefficient (Wildman–Crippen LogP) is 2.69. The Morgan fingerprint density at radius 2 is 1.67 bits per heavy atom. The molecule has 1 atom stereocenters. The first-order chi connectivity index (χ1) is 11.5. The van der Waals surface area contributed by atoms with Crippen molar-refractivity contribution in [3.05, 3.63) is 60.7 Å². The van der Waals surface area contributed by atoms with E-state index in [1.807, 2.05) is 6.26 Å². The average Bonchev–Trinajstić information content (AvgIpc) is 2.60. The molecule has 0 radical (unpaired) electrons. The van der Waals surface area contributed by atoms with Gasteiger partial charge in [-0.2, -0.15) is 16.5 Å². The molecule has 0 aromatic heterocycles. The van der Waals surface area contributed by atoms with Gasteiger partial charge in [0.25, 0.3) is 0 Å². The second-order valence-electron chi connectivity index (χ2n) is 5.00. The number of sulfonamides is 1. The molecule has 0 aliphatic heterocycles. The van der Waals surface area contributed by atoms with Crippen LogP contribution in [0, 0.1) is 0 Å². The van der Waals surface area contributed by atoms with Crippen LogP contribution < -0.4 is 9.46 Å². The number of hydrogen-bond donors (Lipinski definition) is 1. The van der Waals surface area contributed by atoms with E-state index in [2.05, 4.69) is 4.72 Å². The lowest BCUT2D eigenvalue weighted by Crippen LogP contribution is -2.43. The maximum Gasteiger partial charge on any atom is 0.329 e. The summed E-state index contributed by atoms with van der Waals surface area (Å²) < 4.78 is 32.6. The number of ether oxygens (including phenoxy) is 1. The van der Waals surface area contributed by atoms with Crippen molar-refractivity contribution < 1.29 is 17.9 Å². The molecule has 5 nitrogen and oxygen atoms in total. The van der Waals surface area contributed by atoms with E-state index in [1.165, 1.54) is 23.9 Å². The highest BCUT2D eigenvalue weighted by atomic mass is 32.2. The summed E-state index contributed by atoms with van der Waals surface area (Å²) >= 11 is 1.53. The van der Waals surface area contributed by atoms with Gasteiger partial charge in [-0.25, -0.2) is 13.2 Å². The Bertz CT molecular complexity index is 749. The Morgan fingerprint density at radius 3 is 2.25 bits per heavy atom. The number of carbonyl (C=O) groups excluding carboxylic acids is 1. The van der Waals surface area contributed by atoms with Gasteiger partial charge >= 0.3 is 5.97 Å². The Hall–Kier alpha value is -1.83. The zero-order valence-corrected chi connectivity index (χ0v) is 14.8. The summed E-state index contributed by atoms with van der Waals surface area (Å²) in [7, 11) is -3.79. The molecule has 2 aromatic rings. The monoisotopic (exact) mass is 365 g/mol. The van der Waals surface area contributed by atoms with E-state index in [9.17, 15) is 13.2 Å². The number of para-hydroxylation sites is 1. The Balaban J connectivity index is 2.14. The highest BCUT2D eigenvalue weighted by Gasteiger charge is 2.27. The number of carbonyl (C=O) groups is 1. The molecule has 0 fully saturated rings. The van der Waals surface area contributed by atoms with Gasteiger partial charge < -0.3 is 4.74 Å². The van der Waals surface area contributed by atoms with Gasteiger partial charge in [0.2, 0.25) is 10.0 Å². The first-order valence-electron chi connectivity index (χ1n) is 7.36. The molecule has 0 heterocycles. The molecular formula is C17H19NO4S2. The first-order valence-corrected chi connectivity index (χ1v) is 10.2. The minimum atomic E-state index is -3.79. The third kappa shape index (κ3) is 5.36. The van der Waals surface area contributed by atoms with Crippen molar-refractivity contribution in [3.8, 4) is 5.75 Å². The number of thioether (sulfide) groups is 1. The summed E-state index contributed by atoms with van der Waals surface area (Å²) in [5.41, 5.74) is 0. The molecule has 0 bridgehead atoms. The lowest BCUT2D eigenvalue weighted by Gasteiger charge is -2.17. The van der Waals surface area contributed by atoms with Crippen LogP contribution in [0.3, 0.4) is 0 Å². The van der Waals surface area contributed by atoms with Crippen LogP contribution >= 0.6 is 11.8 Å². The first kappa shape index (κ1) is 18.5. The van der Waals surface area contributed by atoms with Crippen molar-refractivity contribution in [1.29, 1.82) is 0 Å². The lowest BCUT2D eigenvalue weighted by molar-refractivity contribution is -0.136. The molecule has 0 saturated carbocycles. The minimum Gasteiger partial charge on any atom is -0.425 e. The fraction of sp³-hybridized carbons (Fsp3) is 0.235. The van der Waals surface area contributed by atoms with Crippen molar-refractivity contribution in [2.45, 2.75) is 17.4 Å². The van der Waals surface area contributed by atoms with Gasteiger partial charge in [0, 0.05) is 0 Å². The van der Waals surface area contributed by atoms with Crippen LogP contribution in [0.15, 0.2) is 65.6 Å². The van der Waals surface area contributed by atoms with Gasteiger partial charge in [-0.15, -0.1) is 0 Å². The van der Waals surface area contributed by atoms with Crippen molar-refractivity contribution in [1.82, 2.24) is 4.72 Å². The Labute approximate surface area is 146 Å². The van der Waals surface area contributed by atoms with Gasteiger partial charge in [-0.05, 0) is 42.7 Å². The van der Waals surface area contributed by atoms with Gasteiger partial charge in [-0.1, -0.05) is 36.4 Å². The largest absolute Gasteiger partial charge is 0.425 e. The Kier molecular flexibility index (Phi) is 6.84. The SMILES string of the molecule is CSCC[C@@H](NS(=O)(=O)c1ccccc1)C(=O)Oc1ccccc1. The smallest absolute Gasteiger partial charge is 0.329 e. The molecule has 24 heavy (non-hydrogen) atoms. The maximum atomic E-state index is 12.4. The standard InChI is InChI=1S/C17H19NO4S2/c1-23-13-12-16(17(19)22-14-8-4-2-5-9-14)18-24(20,21)15-10-6-3-7-11-15/h2-11,16,18H,12-13H2,1H3/t16-/m1/s1.